The minimum Gasteiger partial charge on any atom is -0.314 e. The molecule has 0 radical (unpaired) electrons. The lowest BCUT2D eigenvalue weighted by atomic mass is 10.1. The Labute approximate surface area is 119 Å². The number of fused-ring (bicyclic) bond motifs is 1. The summed E-state index contributed by atoms with van der Waals surface area (Å²) in [6.45, 7) is 5.39. The molecule has 0 heterocycles. The quantitative estimate of drug-likeness (QED) is 0.831. The van der Waals surface area contributed by atoms with Crippen molar-refractivity contribution in [1.82, 2.24) is 5.32 Å². The molecule has 1 aromatic rings. The van der Waals surface area contributed by atoms with E-state index in [1.165, 1.54) is 24.0 Å². The maximum atomic E-state index is 12.3. The number of benzene rings is 1. The van der Waals surface area contributed by atoms with Crippen LogP contribution in [0, 0.1) is 0 Å². The van der Waals surface area contributed by atoms with E-state index in [1.54, 1.807) is 0 Å². The van der Waals surface area contributed by atoms with Crippen LogP contribution in [0.1, 0.15) is 44.2 Å². The fourth-order valence-corrected chi connectivity index (χ4v) is 3.88. The highest BCUT2D eigenvalue weighted by Crippen LogP contribution is 2.24. The summed E-state index contributed by atoms with van der Waals surface area (Å²) in [5.74, 6) is 0.761. The molecule has 1 aliphatic carbocycles. The first-order chi connectivity index (χ1) is 9.20. The Bertz CT molecular complexity index is 444. The molecule has 0 aromatic heterocycles. The molecule has 0 amide bonds. The third-order valence-electron chi connectivity index (χ3n) is 3.81. The van der Waals surface area contributed by atoms with Gasteiger partial charge in [0.1, 0.15) is 0 Å². The van der Waals surface area contributed by atoms with E-state index < -0.39 is 10.8 Å². The Balaban J connectivity index is 1.86. The Hall–Kier alpha value is -0.670. The highest BCUT2D eigenvalue weighted by molar-refractivity contribution is 7.85. The van der Waals surface area contributed by atoms with E-state index >= 15 is 0 Å². The van der Waals surface area contributed by atoms with Gasteiger partial charge in [-0.1, -0.05) is 13.0 Å². The molecule has 0 saturated carbocycles. The Morgan fingerprint density at radius 3 is 2.89 bits per heavy atom. The summed E-state index contributed by atoms with van der Waals surface area (Å²) >= 11 is 0. The van der Waals surface area contributed by atoms with Crippen molar-refractivity contribution in [2.45, 2.75) is 56.9 Å². The van der Waals surface area contributed by atoms with Crippen molar-refractivity contribution in [3.8, 4) is 0 Å². The number of hydrogen-bond donors (Lipinski definition) is 1. The van der Waals surface area contributed by atoms with Crippen LogP contribution < -0.4 is 5.32 Å². The number of hydrogen-bond acceptors (Lipinski definition) is 2. The van der Waals surface area contributed by atoms with Crippen LogP contribution in [0.3, 0.4) is 0 Å². The van der Waals surface area contributed by atoms with Crippen molar-refractivity contribution in [3.63, 3.8) is 0 Å². The van der Waals surface area contributed by atoms with Gasteiger partial charge in [0.25, 0.3) is 0 Å². The highest BCUT2D eigenvalue weighted by Gasteiger charge is 2.13. The van der Waals surface area contributed by atoms with Gasteiger partial charge in [0, 0.05) is 16.7 Å². The van der Waals surface area contributed by atoms with Crippen LogP contribution in [0.5, 0.6) is 0 Å². The van der Waals surface area contributed by atoms with E-state index in [9.17, 15) is 4.21 Å². The minimum absolute atomic E-state index is 0.457. The molecule has 0 saturated heterocycles. The predicted octanol–water partition coefficient (Wildman–Crippen LogP) is 3.06. The highest BCUT2D eigenvalue weighted by atomic mass is 32.2. The predicted molar refractivity (Wildman–Crippen MR) is 82.1 cm³/mol. The lowest BCUT2D eigenvalue weighted by Crippen LogP contribution is -2.28. The van der Waals surface area contributed by atoms with Crippen LogP contribution in [0.4, 0.5) is 0 Å². The standard InChI is InChI=1S/C16H25NOS/c1-3-10-17-13(2)9-11-19(18)16-8-7-14-5-4-6-15(14)12-16/h7-8,12-13,17H,3-6,9-11H2,1-2H3. The molecular weight excluding hydrogens is 254 g/mol. The molecule has 1 aromatic carbocycles. The van der Waals surface area contributed by atoms with Gasteiger partial charge in [0.15, 0.2) is 0 Å². The Morgan fingerprint density at radius 2 is 2.11 bits per heavy atom. The first kappa shape index (κ1) is 14.7. The van der Waals surface area contributed by atoms with Crippen molar-refractivity contribution < 1.29 is 4.21 Å². The summed E-state index contributed by atoms with van der Waals surface area (Å²) in [5.41, 5.74) is 2.88. The van der Waals surface area contributed by atoms with Crippen molar-refractivity contribution in [1.29, 1.82) is 0 Å². The smallest absolute Gasteiger partial charge is 0.0530 e. The van der Waals surface area contributed by atoms with Crippen molar-refractivity contribution in [2.75, 3.05) is 12.3 Å². The summed E-state index contributed by atoms with van der Waals surface area (Å²) in [4.78, 5) is 1.02. The van der Waals surface area contributed by atoms with Crippen molar-refractivity contribution in [2.24, 2.45) is 0 Å². The van der Waals surface area contributed by atoms with Crippen LogP contribution in [0.15, 0.2) is 23.1 Å². The molecule has 0 bridgehead atoms. The van der Waals surface area contributed by atoms with Gasteiger partial charge in [0.2, 0.25) is 0 Å². The van der Waals surface area contributed by atoms with E-state index in [0.717, 1.165) is 36.5 Å². The molecule has 1 aliphatic rings. The first-order valence-corrected chi connectivity index (χ1v) is 8.76. The van der Waals surface area contributed by atoms with Gasteiger partial charge in [-0.05, 0) is 68.8 Å². The molecular formula is C16H25NOS. The largest absolute Gasteiger partial charge is 0.314 e. The molecule has 106 valence electrons. The second-order valence-electron chi connectivity index (χ2n) is 5.48. The molecule has 2 atom stereocenters. The number of nitrogens with one attached hydrogen (secondary N) is 1. The van der Waals surface area contributed by atoms with E-state index in [0.29, 0.717) is 6.04 Å². The van der Waals surface area contributed by atoms with Crippen LogP contribution in [0.25, 0.3) is 0 Å². The fourth-order valence-electron chi connectivity index (χ4n) is 2.58. The van der Waals surface area contributed by atoms with Crippen LogP contribution in [-0.2, 0) is 23.6 Å². The first-order valence-electron chi connectivity index (χ1n) is 7.44. The van der Waals surface area contributed by atoms with Crippen LogP contribution in [0.2, 0.25) is 0 Å². The monoisotopic (exact) mass is 279 g/mol. The molecule has 1 N–H and O–H groups in total. The van der Waals surface area contributed by atoms with Gasteiger partial charge < -0.3 is 5.32 Å². The van der Waals surface area contributed by atoms with E-state index in [2.05, 4.69) is 37.4 Å². The second-order valence-corrected chi connectivity index (χ2v) is 7.05. The number of aryl methyl sites for hydroxylation is 2. The third-order valence-corrected chi connectivity index (χ3v) is 5.20. The maximum Gasteiger partial charge on any atom is 0.0530 e. The van der Waals surface area contributed by atoms with E-state index in [-0.39, 0.29) is 0 Å². The Kier molecular flexibility index (Phi) is 5.59. The normalized spacial score (nSPS) is 17.2. The summed E-state index contributed by atoms with van der Waals surface area (Å²) < 4.78 is 12.3. The third kappa shape index (κ3) is 4.15. The summed E-state index contributed by atoms with van der Waals surface area (Å²) in [6.07, 6.45) is 5.74. The average Bonchev–Trinajstić information content (AvgIpc) is 2.89. The molecule has 0 aliphatic heterocycles. The summed E-state index contributed by atoms with van der Waals surface area (Å²) in [6, 6.07) is 6.86. The zero-order valence-electron chi connectivity index (χ0n) is 12.1. The minimum atomic E-state index is -0.842. The summed E-state index contributed by atoms with van der Waals surface area (Å²) in [7, 11) is -0.842. The molecule has 0 fully saturated rings. The Morgan fingerprint density at radius 1 is 1.32 bits per heavy atom. The topological polar surface area (TPSA) is 29.1 Å². The van der Waals surface area contributed by atoms with E-state index in [4.69, 9.17) is 0 Å². The number of rotatable bonds is 7. The van der Waals surface area contributed by atoms with Gasteiger partial charge in [-0.3, -0.25) is 4.21 Å². The zero-order chi connectivity index (χ0) is 13.7. The maximum absolute atomic E-state index is 12.3. The fraction of sp³-hybridized carbons (Fsp3) is 0.625. The molecule has 0 spiro atoms. The van der Waals surface area contributed by atoms with E-state index in [1.807, 2.05) is 0 Å². The average molecular weight is 279 g/mol. The zero-order valence-corrected chi connectivity index (χ0v) is 12.9. The second kappa shape index (κ2) is 7.20. The molecule has 2 rings (SSSR count). The molecule has 2 unspecified atom stereocenters. The van der Waals surface area contributed by atoms with Crippen LogP contribution >= 0.6 is 0 Å². The lowest BCUT2D eigenvalue weighted by molar-refractivity contribution is 0.533. The molecule has 2 nitrogen and oxygen atoms in total. The van der Waals surface area contributed by atoms with Gasteiger partial charge in [0.05, 0.1) is 10.8 Å². The van der Waals surface area contributed by atoms with Gasteiger partial charge in [-0.15, -0.1) is 0 Å². The molecule has 3 heteroatoms. The summed E-state index contributed by atoms with van der Waals surface area (Å²) in [5, 5.41) is 3.45. The van der Waals surface area contributed by atoms with Gasteiger partial charge in [-0.2, -0.15) is 0 Å². The SMILES string of the molecule is CCCNC(C)CCS(=O)c1ccc2c(c1)CCC2. The van der Waals surface area contributed by atoms with Gasteiger partial charge >= 0.3 is 0 Å². The van der Waals surface area contributed by atoms with Crippen molar-refractivity contribution >= 4 is 10.8 Å². The van der Waals surface area contributed by atoms with Crippen LogP contribution in [-0.4, -0.2) is 22.5 Å². The van der Waals surface area contributed by atoms with Crippen molar-refractivity contribution in [3.05, 3.63) is 29.3 Å². The lowest BCUT2D eigenvalue weighted by Gasteiger charge is -2.13. The van der Waals surface area contributed by atoms with Gasteiger partial charge in [-0.25, -0.2) is 0 Å². The molecule has 19 heavy (non-hydrogen) atoms.